The van der Waals surface area contributed by atoms with Gasteiger partial charge in [0.05, 0.1) is 15.3 Å². The third-order valence-corrected chi connectivity index (χ3v) is 7.37. The van der Waals surface area contributed by atoms with Crippen molar-refractivity contribution in [1.29, 1.82) is 5.26 Å². The fourth-order valence-electron chi connectivity index (χ4n) is 3.00. The van der Waals surface area contributed by atoms with Crippen LogP contribution in [-0.4, -0.2) is 49.7 Å². The molecule has 1 aromatic carbocycles. The second kappa shape index (κ2) is 7.58. The van der Waals surface area contributed by atoms with E-state index in [0.717, 1.165) is 16.9 Å². The fraction of sp³-hybridized carbons (Fsp3) is 0.333. The number of thiophene rings is 1. The molecule has 0 N–H and O–H groups in total. The van der Waals surface area contributed by atoms with Crippen LogP contribution in [0.15, 0.2) is 40.6 Å². The van der Waals surface area contributed by atoms with Crippen LogP contribution in [0.1, 0.15) is 27.7 Å². The van der Waals surface area contributed by atoms with Crippen molar-refractivity contribution >= 4 is 27.3 Å². The summed E-state index contributed by atoms with van der Waals surface area (Å²) in [5, 5.41) is 11.1. The first-order valence-corrected chi connectivity index (χ1v) is 10.7. The molecule has 1 aliphatic rings. The highest BCUT2D eigenvalue weighted by atomic mass is 32.2. The number of carbonyl (C=O) groups is 1. The van der Waals surface area contributed by atoms with Gasteiger partial charge in [0.15, 0.2) is 0 Å². The number of benzene rings is 1. The minimum atomic E-state index is -3.75. The number of nitrogens with zero attached hydrogens (tertiary/aromatic N) is 3. The van der Waals surface area contributed by atoms with Crippen LogP contribution in [0.4, 0.5) is 0 Å². The first-order valence-electron chi connectivity index (χ1n) is 8.34. The largest absolute Gasteiger partial charge is 0.335 e. The quantitative estimate of drug-likeness (QED) is 0.804. The van der Waals surface area contributed by atoms with E-state index in [0.29, 0.717) is 13.1 Å². The predicted molar refractivity (Wildman–Crippen MR) is 99.5 cm³/mol. The molecule has 0 spiro atoms. The van der Waals surface area contributed by atoms with Gasteiger partial charge in [-0.25, -0.2) is 8.42 Å². The van der Waals surface area contributed by atoms with Crippen LogP contribution < -0.4 is 0 Å². The number of rotatable bonds is 4. The number of piperazine rings is 1. The Morgan fingerprint density at radius 1 is 1.19 bits per heavy atom. The van der Waals surface area contributed by atoms with Gasteiger partial charge in [0.25, 0.3) is 5.91 Å². The highest BCUT2D eigenvalue weighted by Crippen LogP contribution is 2.23. The van der Waals surface area contributed by atoms with Crippen LogP contribution in [-0.2, 0) is 16.4 Å². The summed E-state index contributed by atoms with van der Waals surface area (Å²) in [6, 6.07) is 10.1. The summed E-state index contributed by atoms with van der Waals surface area (Å²) in [5.74, 6) is -0.0358. The number of sulfonamides is 1. The molecule has 8 heteroatoms. The number of hydrogen-bond donors (Lipinski definition) is 0. The van der Waals surface area contributed by atoms with E-state index in [9.17, 15) is 13.2 Å². The second-order valence-corrected chi connectivity index (χ2v) is 8.76. The lowest BCUT2D eigenvalue weighted by Crippen LogP contribution is -2.50. The van der Waals surface area contributed by atoms with Gasteiger partial charge in [-0.15, -0.1) is 11.3 Å². The molecule has 6 nitrogen and oxygen atoms in total. The van der Waals surface area contributed by atoms with Crippen LogP contribution in [0.5, 0.6) is 0 Å². The molecule has 2 aromatic rings. The van der Waals surface area contributed by atoms with Crippen molar-refractivity contribution in [2.24, 2.45) is 0 Å². The number of carbonyl (C=O) groups excluding carboxylic acids is 1. The van der Waals surface area contributed by atoms with Gasteiger partial charge in [0.1, 0.15) is 6.07 Å². The summed E-state index contributed by atoms with van der Waals surface area (Å²) in [6.45, 7) is 3.14. The molecule has 136 valence electrons. The Balaban J connectivity index is 1.74. The van der Waals surface area contributed by atoms with Crippen molar-refractivity contribution in [2.75, 3.05) is 26.2 Å². The van der Waals surface area contributed by atoms with E-state index in [2.05, 4.69) is 0 Å². The summed E-state index contributed by atoms with van der Waals surface area (Å²) in [4.78, 5) is 15.2. The third-order valence-electron chi connectivity index (χ3n) is 4.47. The summed E-state index contributed by atoms with van der Waals surface area (Å²) in [6.07, 6.45) is 0.795. The van der Waals surface area contributed by atoms with Crippen molar-refractivity contribution in [2.45, 2.75) is 18.2 Å². The van der Waals surface area contributed by atoms with E-state index in [-0.39, 0.29) is 29.5 Å². The highest BCUT2D eigenvalue weighted by molar-refractivity contribution is 7.89. The minimum Gasteiger partial charge on any atom is -0.335 e. The zero-order valence-corrected chi connectivity index (χ0v) is 16.0. The average molecular weight is 390 g/mol. The van der Waals surface area contributed by atoms with E-state index in [1.54, 1.807) is 17.0 Å². The maximum absolute atomic E-state index is 12.8. The Hall–Kier alpha value is -2.21. The SMILES string of the molecule is CCc1ccsc1C(=O)N1CCN(S(=O)(=O)c2ccccc2C#N)CC1. The van der Waals surface area contributed by atoms with Crippen molar-refractivity contribution in [3.05, 3.63) is 51.7 Å². The van der Waals surface area contributed by atoms with Gasteiger partial charge in [0.2, 0.25) is 10.0 Å². The number of aryl methyl sites for hydroxylation is 1. The molecule has 0 aliphatic carbocycles. The molecular formula is C18H19N3O3S2. The van der Waals surface area contributed by atoms with Gasteiger partial charge in [-0.1, -0.05) is 19.1 Å². The first kappa shape index (κ1) is 18.6. The Bertz CT molecular complexity index is 952. The lowest BCUT2D eigenvalue weighted by molar-refractivity contribution is 0.0702. The van der Waals surface area contributed by atoms with Crippen LogP contribution in [0.3, 0.4) is 0 Å². The molecule has 26 heavy (non-hydrogen) atoms. The Kier molecular flexibility index (Phi) is 5.41. The Morgan fingerprint density at radius 2 is 1.88 bits per heavy atom. The minimum absolute atomic E-state index is 0.0220. The molecule has 0 atom stereocenters. The van der Waals surface area contributed by atoms with Gasteiger partial charge >= 0.3 is 0 Å². The lowest BCUT2D eigenvalue weighted by atomic mass is 10.2. The van der Waals surface area contributed by atoms with E-state index in [4.69, 9.17) is 5.26 Å². The first-order chi connectivity index (χ1) is 12.5. The van der Waals surface area contributed by atoms with Crippen molar-refractivity contribution in [3.8, 4) is 6.07 Å². The van der Waals surface area contributed by atoms with Crippen LogP contribution in [0, 0.1) is 11.3 Å². The molecular weight excluding hydrogens is 370 g/mol. The molecule has 1 aliphatic heterocycles. The normalized spacial score (nSPS) is 15.6. The summed E-state index contributed by atoms with van der Waals surface area (Å²) in [7, 11) is -3.75. The van der Waals surface area contributed by atoms with E-state index >= 15 is 0 Å². The Labute approximate surface area is 157 Å². The van der Waals surface area contributed by atoms with Gasteiger partial charge in [0, 0.05) is 26.2 Å². The zero-order chi connectivity index (χ0) is 18.7. The maximum Gasteiger partial charge on any atom is 0.264 e. The number of nitriles is 1. The molecule has 0 bridgehead atoms. The lowest BCUT2D eigenvalue weighted by Gasteiger charge is -2.34. The monoisotopic (exact) mass is 389 g/mol. The molecule has 1 saturated heterocycles. The smallest absolute Gasteiger partial charge is 0.264 e. The molecule has 3 rings (SSSR count). The molecule has 0 radical (unpaired) electrons. The second-order valence-electron chi connectivity index (χ2n) is 5.93. The molecule has 0 saturated carbocycles. The van der Waals surface area contributed by atoms with Gasteiger partial charge in [-0.3, -0.25) is 4.79 Å². The van der Waals surface area contributed by atoms with Crippen molar-refractivity contribution in [3.63, 3.8) is 0 Å². The van der Waals surface area contributed by atoms with Crippen LogP contribution in [0.25, 0.3) is 0 Å². The summed E-state index contributed by atoms with van der Waals surface area (Å²) >= 11 is 1.42. The standard InChI is InChI=1S/C18H19N3O3S2/c1-2-14-7-12-25-17(14)18(22)20-8-10-21(11-9-20)26(23,24)16-6-4-3-5-15(16)13-19/h3-7,12H,2,8-11H2,1H3. The van der Waals surface area contributed by atoms with E-state index < -0.39 is 10.0 Å². The summed E-state index contributed by atoms with van der Waals surface area (Å²) in [5.41, 5.74) is 1.16. The highest BCUT2D eigenvalue weighted by Gasteiger charge is 2.32. The van der Waals surface area contributed by atoms with Crippen LogP contribution >= 0.6 is 11.3 Å². The molecule has 2 heterocycles. The van der Waals surface area contributed by atoms with E-state index in [1.807, 2.05) is 24.4 Å². The average Bonchev–Trinajstić information content (AvgIpc) is 3.16. The third kappa shape index (κ3) is 3.38. The van der Waals surface area contributed by atoms with Gasteiger partial charge in [-0.2, -0.15) is 9.57 Å². The van der Waals surface area contributed by atoms with Crippen molar-refractivity contribution < 1.29 is 13.2 Å². The number of amides is 1. The Morgan fingerprint density at radius 3 is 2.54 bits per heavy atom. The molecule has 1 amide bonds. The van der Waals surface area contributed by atoms with Gasteiger partial charge in [-0.05, 0) is 35.6 Å². The maximum atomic E-state index is 12.8. The topological polar surface area (TPSA) is 81.5 Å². The molecule has 0 unspecified atom stereocenters. The van der Waals surface area contributed by atoms with Gasteiger partial charge < -0.3 is 4.90 Å². The molecule has 1 aromatic heterocycles. The van der Waals surface area contributed by atoms with E-state index in [1.165, 1.54) is 27.8 Å². The number of hydrogen-bond acceptors (Lipinski definition) is 5. The molecule has 1 fully saturated rings. The zero-order valence-electron chi connectivity index (χ0n) is 14.4. The predicted octanol–water partition coefficient (Wildman–Crippen LogP) is 2.33. The van der Waals surface area contributed by atoms with Crippen molar-refractivity contribution in [1.82, 2.24) is 9.21 Å². The fourth-order valence-corrected chi connectivity index (χ4v) is 5.53. The van der Waals surface area contributed by atoms with Crippen LogP contribution in [0.2, 0.25) is 0 Å². The summed E-state index contributed by atoms with van der Waals surface area (Å²) < 4.78 is 27.0.